The molecule has 2 N–H and O–H groups in total. The van der Waals surface area contributed by atoms with Crippen LogP contribution in [0, 0.1) is 0 Å². The highest BCUT2D eigenvalue weighted by molar-refractivity contribution is 6.30. The van der Waals surface area contributed by atoms with Gasteiger partial charge >= 0.3 is 5.97 Å². The largest absolute Gasteiger partial charge is 0.479 e. The number of rotatable bonds is 9. The summed E-state index contributed by atoms with van der Waals surface area (Å²) >= 11 is 5.93. The normalized spacial score (nSPS) is 11.2. The van der Waals surface area contributed by atoms with Gasteiger partial charge in [0.1, 0.15) is 18.1 Å². The minimum Gasteiger partial charge on any atom is -0.479 e. The van der Waals surface area contributed by atoms with Crippen molar-refractivity contribution in [3.63, 3.8) is 0 Å². The molecule has 6 nitrogen and oxygen atoms in total. The fourth-order valence-electron chi connectivity index (χ4n) is 3.45. The van der Waals surface area contributed by atoms with Crippen LogP contribution in [-0.2, 0) is 17.8 Å². The van der Waals surface area contributed by atoms with Crippen molar-refractivity contribution >= 4 is 23.4 Å². The molecule has 0 bridgehead atoms. The lowest BCUT2D eigenvalue weighted by molar-refractivity contribution is -0.145. The van der Waals surface area contributed by atoms with Crippen LogP contribution in [0.3, 0.4) is 0 Å². The van der Waals surface area contributed by atoms with E-state index >= 15 is 0 Å². The van der Waals surface area contributed by atoms with Gasteiger partial charge in [-0.15, -0.1) is 0 Å². The third-order valence-electron chi connectivity index (χ3n) is 5.37. The molecule has 186 valence electrons. The number of aryl methyl sites for hydroxylation is 1. The summed E-state index contributed by atoms with van der Waals surface area (Å²) in [7, 11) is 0. The summed E-state index contributed by atoms with van der Waals surface area (Å²) in [4.78, 5) is 23.4. The van der Waals surface area contributed by atoms with Crippen molar-refractivity contribution in [1.82, 2.24) is 0 Å². The van der Waals surface area contributed by atoms with E-state index in [9.17, 15) is 14.7 Å². The molecule has 4 rings (SSSR count). The van der Waals surface area contributed by atoms with E-state index in [4.69, 9.17) is 25.9 Å². The Morgan fingerprint density at radius 1 is 0.917 bits per heavy atom. The van der Waals surface area contributed by atoms with Crippen LogP contribution < -0.4 is 4.74 Å². The lowest BCUT2D eigenvalue weighted by Gasteiger charge is -2.17. The van der Waals surface area contributed by atoms with Crippen LogP contribution in [0.2, 0.25) is 5.02 Å². The molecule has 0 spiro atoms. The molecule has 3 aromatic carbocycles. The number of carboxylic acid groups (broad SMARTS) is 1. The first-order valence-corrected chi connectivity index (χ1v) is 11.7. The van der Waals surface area contributed by atoms with Gasteiger partial charge < -0.3 is 19.4 Å². The second-order valence-electron chi connectivity index (χ2n) is 7.98. The van der Waals surface area contributed by atoms with Gasteiger partial charge in [0.15, 0.2) is 11.9 Å². The van der Waals surface area contributed by atoms with Gasteiger partial charge in [-0.1, -0.05) is 60.1 Å². The van der Waals surface area contributed by atoms with E-state index in [1.165, 1.54) is 13.2 Å². The standard InChI is InChI=1S/C24H21ClO4.C5H6O2/c1-16(26)21-4-2-3-5-22(21)29-23(24(27)28)15-8-17-6-9-18(10-7-17)19-11-13-20(25)14-12-19;6-4-5-2-1-3-7-5/h2-7,9-14,23H,8,15H2,1H3,(H,27,28);1-3,6H,4H2. The summed E-state index contributed by atoms with van der Waals surface area (Å²) in [5.74, 6) is -0.311. The summed E-state index contributed by atoms with van der Waals surface area (Å²) in [5, 5.41) is 18.6. The number of Topliss-reactive ketones (excluding diaryl/α,β-unsaturated/α-hetero) is 1. The van der Waals surface area contributed by atoms with Gasteiger partial charge in [-0.05, 0) is 72.9 Å². The van der Waals surface area contributed by atoms with E-state index in [1.54, 1.807) is 36.4 Å². The fraction of sp³-hybridized carbons (Fsp3) is 0.172. The number of halogens is 1. The van der Waals surface area contributed by atoms with Gasteiger partial charge in [-0.3, -0.25) is 4.79 Å². The van der Waals surface area contributed by atoms with Crippen molar-refractivity contribution in [2.45, 2.75) is 32.5 Å². The Kier molecular flexibility index (Phi) is 9.86. The molecule has 0 aliphatic rings. The Morgan fingerprint density at radius 2 is 1.56 bits per heavy atom. The monoisotopic (exact) mass is 506 g/mol. The molecule has 0 fully saturated rings. The Balaban J connectivity index is 0.000000444. The molecular formula is C29H27ClO6. The summed E-state index contributed by atoms with van der Waals surface area (Å²) in [5.41, 5.74) is 3.52. The lowest BCUT2D eigenvalue weighted by Crippen LogP contribution is -2.28. The Hall–Kier alpha value is -3.87. The third kappa shape index (κ3) is 7.83. The third-order valence-corrected chi connectivity index (χ3v) is 5.63. The summed E-state index contributed by atoms with van der Waals surface area (Å²) in [6.07, 6.45) is 1.33. The van der Waals surface area contributed by atoms with Crippen molar-refractivity contribution in [1.29, 1.82) is 0 Å². The van der Waals surface area contributed by atoms with Crippen LogP contribution in [0.1, 0.15) is 35.0 Å². The minimum atomic E-state index is -1.05. The van der Waals surface area contributed by atoms with Crippen LogP contribution in [0.25, 0.3) is 11.1 Å². The molecule has 36 heavy (non-hydrogen) atoms. The molecule has 0 aliphatic heterocycles. The molecule has 1 aromatic heterocycles. The van der Waals surface area contributed by atoms with Crippen molar-refractivity contribution in [3.8, 4) is 16.9 Å². The molecule has 1 unspecified atom stereocenters. The van der Waals surface area contributed by atoms with Gasteiger partial charge in [0, 0.05) is 5.02 Å². The average molecular weight is 507 g/mol. The van der Waals surface area contributed by atoms with Gasteiger partial charge in [0.25, 0.3) is 0 Å². The highest BCUT2D eigenvalue weighted by Crippen LogP contribution is 2.24. The molecule has 0 saturated carbocycles. The second-order valence-corrected chi connectivity index (χ2v) is 8.41. The SMILES string of the molecule is CC(=O)c1ccccc1OC(CCc1ccc(-c2ccc(Cl)cc2)cc1)C(=O)O.OCc1ccco1. The number of aliphatic carboxylic acids is 1. The first-order chi connectivity index (χ1) is 17.4. The van der Waals surface area contributed by atoms with E-state index in [-0.39, 0.29) is 12.4 Å². The first-order valence-electron chi connectivity index (χ1n) is 11.3. The van der Waals surface area contributed by atoms with Crippen LogP contribution >= 0.6 is 11.6 Å². The van der Waals surface area contributed by atoms with Crippen molar-refractivity contribution in [2.75, 3.05) is 0 Å². The molecule has 4 aromatic rings. The first kappa shape index (κ1) is 26.7. The van der Waals surface area contributed by atoms with Crippen LogP contribution in [0.15, 0.2) is 95.6 Å². The fourth-order valence-corrected chi connectivity index (χ4v) is 3.58. The predicted octanol–water partition coefficient (Wildman–Crippen LogP) is 6.45. The van der Waals surface area contributed by atoms with E-state index < -0.39 is 12.1 Å². The zero-order chi connectivity index (χ0) is 25.9. The zero-order valence-corrected chi connectivity index (χ0v) is 20.5. The Bertz CT molecular complexity index is 1250. The summed E-state index contributed by atoms with van der Waals surface area (Å²) in [6, 6.07) is 25.7. The van der Waals surface area contributed by atoms with E-state index in [1.807, 2.05) is 48.5 Å². The number of carbonyl (C=O) groups is 2. The maximum atomic E-state index is 11.7. The van der Waals surface area contributed by atoms with Gasteiger partial charge in [0.2, 0.25) is 0 Å². The van der Waals surface area contributed by atoms with E-state index in [0.29, 0.717) is 34.9 Å². The molecule has 0 saturated heterocycles. The van der Waals surface area contributed by atoms with Crippen LogP contribution in [-0.4, -0.2) is 28.1 Å². The number of para-hydroxylation sites is 1. The molecule has 0 amide bonds. The highest BCUT2D eigenvalue weighted by atomic mass is 35.5. The van der Waals surface area contributed by atoms with Gasteiger partial charge in [-0.25, -0.2) is 4.79 Å². The average Bonchev–Trinajstić information content (AvgIpc) is 3.42. The second kappa shape index (κ2) is 13.3. The molecule has 1 atom stereocenters. The van der Waals surface area contributed by atoms with Crippen molar-refractivity contribution in [2.24, 2.45) is 0 Å². The van der Waals surface area contributed by atoms with Crippen molar-refractivity contribution in [3.05, 3.63) is 113 Å². The summed E-state index contributed by atoms with van der Waals surface area (Å²) in [6.45, 7) is 1.42. The van der Waals surface area contributed by atoms with E-state index in [2.05, 4.69) is 0 Å². The molecule has 1 heterocycles. The molecule has 0 aliphatic carbocycles. The zero-order valence-electron chi connectivity index (χ0n) is 19.8. The minimum absolute atomic E-state index is 0.00694. The lowest BCUT2D eigenvalue weighted by atomic mass is 10.0. The number of hydrogen-bond acceptors (Lipinski definition) is 5. The van der Waals surface area contributed by atoms with Gasteiger partial charge in [-0.2, -0.15) is 0 Å². The Labute approximate surface area is 214 Å². The topological polar surface area (TPSA) is 97.0 Å². The number of aliphatic hydroxyl groups excluding tert-OH is 1. The predicted molar refractivity (Wildman–Crippen MR) is 138 cm³/mol. The van der Waals surface area contributed by atoms with E-state index in [0.717, 1.165) is 16.7 Å². The Morgan fingerprint density at radius 3 is 2.08 bits per heavy atom. The maximum Gasteiger partial charge on any atom is 0.344 e. The van der Waals surface area contributed by atoms with Crippen LogP contribution in [0.4, 0.5) is 0 Å². The van der Waals surface area contributed by atoms with Crippen LogP contribution in [0.5, 0.6) is 5.75 Å². The number of furan rings is 1. The quantitative estimate of drug-likeness (QED) is 0.253. The summed E-state index contributed by atoms with van der Waals surface area (Å²) < 4.78 is 10.4. The number of benzene rings is 3. The number of hydrogen-bond donors (Lipinski definition) is 2. The number of carbonyl (C=O) groups excluding carboxylic acids is 1. The smallest absolute Gasteiger partial charge is 0.344 e. The van der Waals surface area contributed by atoms with Gasteiger partial charge in [0.05, 0.1) is 11.8 Å². The number of carboxylic acids is 1. The number of aliphatic hydroxyl groups is 1. The number of ketones is 1. The van der Waals surface area contributed by atoms with Crippen molar-refractivity contribution < 1.29 is 29.0 Å². The number of ether oxygens (including phenoxy) is 1. The molecular weight excluding hydrogens is 480 g/mol. The highest BCUT2D eigenvalue weighted by Gasteiger charge is 2.21. The molecule has 0 radical (unpaired) electrons. The molecule has 7 heteroatoms. The maximum absolute atomic E-state index is 11.7.